The van der Waals surface area contributed by atoms with E-state index in [0.717, 1.165) is 14.3 Å². The summed E-state index contributed by atoms with van der Waals surface area (Å²) in [6.07, 6.45) is 1.59. The van der Waals surface area contributed by atoms with Crippen molar-refractivity contribution >= 4 is 72.5 Å². The predicted octanol–water partition coefficient (Wildman–Crippen LogP) is 4.55. The van der Waals surface area contributed by atoms with E-state index in [-0.39, 0.29) is 48.6 Å². The molecule has 1 aromatic heterocycles. The maximum atomic E-state index is 14.0. The van der Waals surface area contributed by atoms with Gasteiger partial charge in [0.25, 0.3) is 15.9 Å². The van der Waals surface area contributed by atoms with Gasteiger partial charge in [0.15, 0.2) is 5.03 Å². The summed E-state index contributed by atoms with van der Waals surface area (Å²) in [5.41, 5.74) is -0.130. The Morgan fingerprint density at radius 3 is 2.34 bits per heavy atom. The monoisotopic (exact) mass is 596 g/mol. The fourth-order valence-corrected chi connectivity index (χ4v) is 6.94. The van der Waals surface area contributed by atoms with Gasteiger partial charge in [0, 0.05) is 33.9 Å². The molecular weight excluding hydrogens is 579 g/mol. The highest BCUT2D eigenvalue weighted by atomic mass is 79.9. The maximum absolute atomic E-state index is 14.0. The van der Waals surface area contributed by atoms with Crippen LogP contribution in [0.3, 0.4) is 0 Å². The number of benzene rings is 2. The minimum Gasteiger partial charge on any atom is -0.298 e. The summed E-state index contributed by atoms with van der Waals surface area (Å²) in [5.74, 6) is -0.397. The molecule has 1 fully saturated rings. The third-order valence-electron chi connectivity index (χ3n) is 6.23. The van der Waals surface area contributed by atoms with E-state index in [4.69, 9.17) is 23.2 Å². The average Bonchev–Trinajstić information content (AvgIpc) is 3.46. The van der Waals surface area contributed by atoms with Crippen LogP contribution < -0.4 is 4.90 Å². The van der Waals surface area contributed by atoms with E-state index in [1.54, 1.807) is 25.1 Å². The van der Waals surface area contributed by atoms with Crippen LogP contribution in [0.4, 0.5) is 11.6 Å². The molecule has 2 aliphatic heterocycles. The summed E-state index contributed by atoms with van der Waals surface area (Å²) >= 11 is 15.8. The maximum Gasteiger partial charge on any atom is 0.260 e. The highest BCUT2D eigenvalue weighted by molar-refractivity contribution is 9.10. The second-order valence-electron chi connectivity index (χ2n) is 8.70. The Morgan fingerprint density at radius 1 is 1.09 bits per heavy atom. The van der Waals surface area contributed by atoms with Crippen LogP contribution in [0.25, 0.3) is 0 Å². The Hall–Kier alpha value is -2.24. The number of Topliss-reactive ketones (excluding diaryl/α,β-unsaturated/α-hetero) is 1. The van der Waals surface area contributed by atoms with Crippen LogP contribution in [0.5, 0.6) is 0 Å². The van der Waals surface area contributed by atoms with Gasteiger partial charge < -0.3 is 0 Å². The zero-order valence-corrected chi connectivity index (χ0v) is 22.3. The Morgan fingerprint density at radius 2 is 1.74 bits per heavy atom. The molecule has 2 aromatic carbocycles. The molecule has 5 rings (SSSR count). The number of ketones is 1. The van der Waals surface area contributed by atoms with Crippen molar-refractivity contribution in [1.29, 1.82) is 0 Å². The number of aromatic nitrogens is 2. The number of halogens is 3. The number of nitrogens with zero attached hydrogens (tertiary/aromatic N) is 4. The number of carbonyl (C=O) groups is 2. The summed E-state index contributed by atoms with van der Waals surface area (Å²) in [7, 11) is -4.09. The Kier molecular flexibility index (Phi) is 6.08. The molecule has 182 valence electrons. The van der Waals surface area contributed by atoms with Crippen molar-refractivity contribution < 1.29 is 18.0 Å². The van der Waals surface area contributed by atoms with Crippen LogP contribution in [0.15, 0.2) is 58.2 Å². The van der Waals surface area contributed by atoms with Crippen molar-refractivity contribution in [3.63, 3.8) is 0 Å². The fraction of sp³-hybridized carbons (Fsp3) is 0.261. The molecule has 1 saturated heterocycles. The van der Waals surface area contributed by atoms with E-state index in [0.29, 0.717) is 15.7 Å². The third kappa shape index (κ3) is 4.11. The number of hydrogen-bond acceptors (Lipinski definition) is 5. The van der Waals surface area contributed by atoms with Gasteiger partial charge in [0.1, 0.15) is 11.3 Å². The minimum atomic E-state index is -4.09. The molecule has 0 N–H and O–H groups in total. The predicted molar refractivity (Wildman–Crippen MR) is 136 cm³/mol. The normalized spacial score (nSPS) is 20.6. The van der Waals surface area contributed by atoms with Gasteiger partial charge in [-0.15, -0.1) is 0 Å². The summed E-state index contributed by atoms with van der Waals surface area (Å²) < 4.78 is 30.6. The molecular formula is C23H19BrCl2N4O4S. The lowest BCUT2D eigenvalue weighted by Gasteiger charge is -2.27. The van der Waals surface area contributed by atoms with Gasteiger partial charge in [-0.2, -0.15) is 4.31 Å². The van der Waals surface area contributed by atoms with Crippen molar-refractivity contribution in [3.8, 4) is 0 Å². The van der Waals surface area contributed by atoms with E-state index < -0.39 is 15.6 Å². The first-order valence-corrected chi connectivity index (χ1v) is 13.6. The van der Waals surface area contributed by atoms with Crippen LogP contribution in [0.2, 0.25) is 10.0 Å². The van der Waals surface area contributed by atoms with Crippen LogP contribution in [0.1, 0.15) is 18.9 Å². The molecule has 1 unspecified atom stereocenters. The first-order valence-electron chi connectivity index (χ1n) is 10.7. The smallest absolute Gasteiger partial charge is 0.260 e. The highest BCUT2D eigenvalue weighted by Crippen LogP contribution is 2.45. The average molecular weight is 598 g/mol. The summed E-state index contributed by atoms with van der Waals surface area (Å²) in [4.78, 5) is 31.5. The molecule has 3 heterocycles. The van der Waals surface area contributed by atoms with Crippen molar-refractivity contribution in [2.24, 2.45) is 0 Å². The SMILES string of the molecule is CC1(Cc2ccc(Br)cc2)C(=O)N(c2cc(Cl)cc(Cl)c2)c2ncc(S(=O)(=O)N3CCC(=O)C3)n21. The number of sulfonamides is 1. The van der Waals surface area contributed by atoms with E-state index in [1.807, 2.05) is 24.3 Å². The zero-order valence-electron chi connectivity index (χ0n) is 18.4. The molecule has 0 aliphatic carbocycles. The van der Waals surface area contributed by atoms with Gasteiger partial charge in [-0.05, 0) is 42.8 Å². The van der Waals surface area contributed by atoms with Crippen molar-refractivity contribution in [3.05, 3.63) is 68.7 Å². The third-order valence-corrected chi connectivity index (χ3v) is 9.01. The number of amides is 1. The van der Waals surface area contributed by atoms with Crippen molar-refractivity contribution in [2.45, 2.75) is 30.3 Å². The van der Waals surface area contributed by atoms with E-state index >= 15 is 0 Å². The molecule has 2 aliphatic rings. The number of hydrogen-bond donors (Lipinski definition) is 0. The summed E-state index contributed by atoms with van der Waals surface area (Å²) in [6.45, 7) is 1.57. The molecule has 3 aromatic rings. The van der Waals surface area contributed by atoms with Gasteiger partial charge in [-0.25, -0.2) is 18.3 Å². The highest BCUT2D eigenvalue weighted by Gasteiger charge is 2.52. The standard InChI is InChI=1S/C23H19BrCl2N4O4S/c1-23(11-14-2-4-15(24)5-3-14)21(32)29(18-9-16(25)8-17(26)10-18)22-27-12-20(30(22)23)35(33,34)28-7-6-19(31)13-28/h2-5,8-10,12H,6-7,11,13H2,1H3. The molecule has 8 nitrogen and oxygen atoms in total. The summed E-state index contributed by atoms with van der Waals surface area (Å²) in [5, 5.41) is 0.498. The van der Waals surface area contributed by atoms with Gasteiger partial charge in [-0.1, -0.05) is 51.3 Å². The lowest BCUT2D eigenvalue weighted by atomic mass is 9.92. The van der Waals surface area contributed by atoms with Gasteiger partial charge >= 0.3 is 0 Å². The van der Waals surface area contributed by atoms with Crippen LogP contribution in [-0.4, -0.2) is 47.1 Å². The van der Waals surface area contributed by atoms with Gasteiger partial charge in [0.2, 0.25) is 5.95 Å². The van der Waals surface area contributed by atoms with Gasteiger partial charge in [-0.3, -0.25) is 14.2 Å². The topological polar surface area (TPSA) is 92.6 Å². The van der Waals surface area contributed by atoms with Crippen LogP contribution in [-0.2, 0) is 31.6 Å². The largest absolute Gasteiger partial charge is 0.298 e. The van der Waals surface area contributed by atoms with E-state index in [1.165, 1.54) is 15.7 Å². The number of carbonyl (C=O) groups excluding carboxylic acids is 2. The van der Waals surface area contributed by atoms with Crippen molar-refractivity contribution in [2.75, 3.05) is 18.0 Å². The first kappa shape index (κ1) is 24.5. The Balaban J connectivity index is 1.69. The molecule has 0 saturated carbocycles. The van der Waals surface area contributed by atoms with E-state index in [2.05, 4.69) is 20.9 Å². The number of fused-ring (bicyclic) bond motifs is 1. The fourth-order valence-electron chi connectivity index (χ4n) is 4.56. The second kappa shape index (κ2) is 8.70. The molecule has 35 heavy (non-hydrogen) atoms. The Labute approximate surface area is 220 Å². The molecule has 1 atom stereocenters. The first-order chi connectivity index (χ1) is 16.5. The van der Waals surface area contributed by atoms with Crippen molar-refractivity contribution in [1.82, 2.24) is 13.9 Å². The van der Waals surface area contributed by atoms with Crippen LogP contribution >= 0.6 is 39.1 Å². The molecule has 0 radical (unpaired) electrons. The number of imidazole rings is 1. The quantitative estimate of drug-likeness (QED) is 0.430. The molecule has 1 amide bonds. The lowest BCUT2D eigenvalue weighted by Crippen LogP contribution is -2.43. The second-order valence-corrected chi connectivity index (χ2v) is 12.4. The molecule has 12 heteroatoms. The Bertz CT molecular complexity index is 1450. The zero-order chi connectivity index (χ0) is 25.1. The summed E-state index contributed by atoms with van der Waals surface area (Å²) in [6, 6.07) is 12.1. The number of rotatable bonds is 5. The van der Waals surface area contributed by atoms with Crippen LogP contribution in [0, 0.1) is 0 Å². The lowest BCUT2D eigenvalue weighted by molar-refractivity contribution is -0.124. The molecule has 0 spiro atoms. The minimum absolute atomic E-state index is 0.0899. The van der Waals surface area contributed by atoms with Gasteiger partial charge in [0.05, 0.1) is 18.4 Å². The number of anilines is 2. The molecule has 0 bridgehead atoms. The van der Waals surface area contributed by atoms with E-state index in [9.17, 15) is 18.0 Å².